The Hall–Kier alpha value is 1.77. The maximum absolute atomic E-state index is 2.40. The third kappa shape index (κ3) is 6.26. The second-order valence-electron chi connectivity index (χ2n) is 3.45. The molecule has 0 unspecified atom stereocenters. The minimum Gasteiger partial charge on any atom is -0.173 e. The Morgan fingerprint density at radius 2 is 1.67 bits per heavy atom. The van der Waals surface area contributed by atoms with Gasteiger partial charge in [-0.25, -0.2) is 0 Å². The molecule has 0 aliphatic rings. The van der Waals surface area contributed by atoms with Crippen LogP contribution in [-0.4, -0.2) is 19.0 Å². The highest BCUT2D eigenvalue weighted by atomic mass is 127. The number of hydrogen-bond donors (Lipinski definition) is 0. The van der Waals surface area contributed by atoms with E-state index in [0.29, 0.717) is 0 Å². The normalized spacial score (nSPS) is 13.8. The summed E-state index contributed by atoms with van der Waals surface area (Å²) in [5.74, 6) is 1.39. The van der Waals surface area contributed by atoms with Crippen molar-refractivity contribution in [2.75, 3.05) is 18.3 Å². The van der Waals surface area contributed by atoms with Crippen LogP contribution in [0.25, 0.3) is 0 Å². The van der Waals surface area contributed by atoms with Gasteiger partial charge in [0.25, 0.3) is 0 Å². The van der Waals surface area contributed by atoms with Crippen LogP contribution in [0, 0.1) is 0 Å². The van der Waals surface area contributed by atoms with Gasteiger partial charge in [0.15, 0.2) is 0 Å². The molecule has 0 aromatic heterocycles. The molecule has 0 atom stereocenters. The second-order valence-corrected chi connectivity index (χ2v) is 12.3. The van der Waals surface area contributed by atoms with Crippen LogP contribution in [0.1, 0.15) is 32.6 Å². The van der Waals surface area contributed by atoms with Crippen LogP contribution in [0.15, 0.2) is 0 Å². The molecule has 12 heavy (non-hydrogen) atoms. The molecule has 0 aromatic rings. The van der Waals surface area contributed by atoms with Gasteiger partial charge in [-0.3, -0.25) is 0 Å². The molecule has 0 radical (unpaired) electrons. The van der Waals surface area contributed by atoms with E-state index < -0.39 is 10.2 Å². The van der Waals surface area contributed by atoms with Crippen molar-refractivity contribution < 1.29 is 0 Å². The molecular weight excluding hydrogens is 396 g/mol. The summed E-state index contributed by atoms with van der Waals surface area (Å²) in [5.41, 5.74) is 0. The number of rotatable bonds is 6. The molecule has 0 saturated heterocycles. The van der Waals surface area contributed by atoms with Gasteiger partial charge < -0.3 is 0 Å². The molecule has 4 heteroatoms. The lowest BCUT2D eigenvalue weighted by molar-refractivity contribution is 0.704. The van der Waals surface area contributed by atoms with Crippen molar-refractivity contribution in [2.45, 2.75) is 32.6 Å². The van der Waals surface area contributed by atoms with Gasteiger partial charge >= 0.3 is 0 Å². The lowest BCUT2D eigenvalue weighted by Gasteiger charge is -2.34. The Bertz CT molecular complexity index is 118. The van der Waals surface area contributed by atoms with Crippen molar-refractivity contribution in [3.63, 3.8) is 0 Å². The van der Waals surface area contributed by atoms with Crippen LogP contribution >= 0.6 is 55.9 Å². The maximum Gasteiger partial charge on any atom is 0.0414 e. The molecule has 0 aromatic carbocycles. The number of halogens is 2. The molecule has 0 aliphatic carbocycles. The summed E-state index contributed by atoms with van der Waals surface area (Å²) in [7, 11) is -0.472. The third-order valence-electron chi connectivity index (χ3n) is 1.87. The molecule has 0 heterocycles. The highest BCUT2D eigenvalue weighted by Gasteiger charge is 2.15. The summed E-state index contributed by atoms with van der Waals surface area (Å²) < 4.78 is 2.34. The Kier molecular flexibility index (Phi) is 8.16. The molecule has 76 valence electrons. The van der Waals surface area contributed by atoms with E-state index in [0.717, 1.165) is 0 Å². The summed E-state index contributed by atoms with van der Waals surface area (Å²) in [5, 5.41) is 0. The Labute approximate surface area is 106 Å². The van der Waals surface area contributed by atoms with E-state index in [1.54, 1.807) is 0 Å². The van der Waals surface area contributed by atoms with E-state index in [4.69, 9.17) is 0 Å². The quantitative estimate of drug-likeness (QED) is 0.350. The minimum atomic E-state index is -0.472. The summed E-state index contributed by atoms with van der Waals surface area (Å²) in [6.07, 6.45) is 10.3. The summed E-state index contributed by atoms with van der Waals surface area (Å²) in [6.45, 7) is 2.26. The Morgan fingerprint density at radius 1 is 1.08 bits per heavy atom. The second kappa shape index (κ2) is 7.11. The number of hydrogen-bond acceptors (Lipinski definition) is 1. The van der Waals surface area contributed by atoms with E-state index in [1.807, 2.05) is 0 Å². The average Bonchev–Trinajstić information content (AvgIpc) is 1.98. The van der Waals surface area contributed by atoms with Gasteiger partial charge in [0.1, 0.15) is 0 Å². The van der Waals surface area contributed by atoms with Gasteiger partial charge in [-0.1, -0.05) is 26.2 Å². The fourth-order valence-corrected chi connectivity index (χ4v) is 3.18. The van der Waals surface area contributed by atoms with Gasteiger partial charge in [0.05, 0.1) is 0 Å². The van der Waals surface area contributed by atoms with Crippen molar-refractivity contribution in [1.82, 2.24) is 0.732 Å². The zero-order valence-electron chi connectivity index (χ0n) is 8.15. The summed E-state index contributed by atoms with van der Waals surface area (Å²) in [6, 6.07) is 0. The van der Waals surface area contributed by atoms with Crippen LogP contribution in [0.5, 0.6) is 0 Å². The van der Waals surface area contributed by atoms with Gasteiger partial charge in [-0.15, -0.1) is 0.732 Å². The largest absolute Gasteiger partial charge is 0.173 e. The first-order valence-electron chi connectivity index (χ1n) is 4.33. The van der Waals surface area contributed by atoms with Crippen LogP contribution in [-0.2, 0) is 0 Å². The van der Waals surface area contributed by atoms with E-state index in [2.05, 4.69) is 65.9 Å². The van der Waals surface area contributed by atoms with E-state index in [1.165, 1.54) is 31.4 Å². The average molecular weight is 415 g/mol. The molecule has 0 bridgehead atoms. The topological polar surface area (TPSA) is 3.24 Å². The zero-order chi connectivity index (χ0) is 9.61. The first-order valence-corrected chi connectivity index (χ1v) is 8.84. The smallest absolute Gasteiger partial charge is 0.0414 e. The highest BCUT2D eigenvalue weighted by molar-refractivity contribution is 14.2. The van der Waals surface area contributed by atoms with Gasteiger partial charge in [-0.2, -0.15) is 10.2 Å². The predicted octanol–water partition coefficient (Wildman–Crippen LogP) is 4.55. The Morgan fingerprint density at radius 3 is 2.08 bits per heavy atom. The van der Waals surface area contributed by atoms with Crippen molar-refractivity contribution in [3.8, 4) is 0 Å². The zero-order valence-corrected chi connectivity index (χ0v) is 13.3. The molecule has 1 nitrogen and oxygen atoms in total. The van der Waals surface area contributed by atoms with Crippen LogP contribution in [0.4, 0.5) is 0 Å². The lowest BCUT2D eigenvalue weighted by Crippen LogP contribution is -2.09. The van der Waals surface area contributed by atoms with Crippen molar-refractivity contribution >= 4 is 55.9 Å². The summed E-state index contributed by atoms with van der Waals surface area (Å²) in [4.78, 5) is 0. The molecule has 0 fully saturated rings. The monoisotopic (exact) mass is 415 g/mol. The molecular formula is C8H19I2NS. The number of unbranched alkanes of at least 4 members (excludes halogenated alkanes) is 3. The Balaban J connectivity index is 3.47. The molecule has 0 N–H and O–H groups in total. The van der Waals surface area contributed by atoms with Crippen LogP contribution in [0.2, 0.25) is 0 Å². The lowest BCUT2D eigenvalue weighted by atomic mass is 10.2. The first-order chi connectivity index (χ1) is 5.50. The standard InChI is InChI=1S/C8H19I2NS/c1-4-5-6-7-8-12(2,3)11(9)10/h4-8H2,1-3H3. The fourth-order valence-electron chi connectivity index (χ4n) is 0.951. The van der Waals surface area contributed by atoms with E-state index >= 15 is 0 Å². The SMILES string of the molecule is CCCCCCS(C)(C)N(I)I. The first kappa shape index (κ1) is 13.8. The van der Waals surface area contributed by atoms with Gasteiger partial charge in [0, 0.05) is 45.7 Å². The highest BCUT2D eigenvalue weighted by Crippen LogP contribution is 2.50. The maximum atomic E-state index is 2.40. The molecule has 0 saturated carbocycles. The molecule has 0 aliphatic heterocycles. The predicted molar refractivity (Wildman–Crippen MR) is 78.3 cm³/mol. The van der Waals surface area contributed by atoms with Crippen LogP contribution < -0.4 is 0 Å². The van der Waals surface area contributed by atoms with Gasteiger partial charge in [0.2, 0.25) is 0 Å². The van der Waals surface area contributed by atoms with Gasteiger partial charge in [-0.05, 0) is 24.7 Å². The molecule has 0 spiro atoms. The third-order valence-corrected chi connectivity index (χ3v) is 10.3. The van der Waals surface area contributed by atoms with Crippen molar-refractivity contribution in [2.24, 2.45) is 0 Å². The van der Waals surface area contributed by atoms with Crippen LogP contribution in [0.3, 0.4) is 0 Å². The summed E-state index contributed by atoms with van der Waals surface area (Å²) >= 11 is 4.81. The molecule has 0 rings (SSSR count). The fraction of sp³-hybridized carbons (Fsp3) is 1.00. The van der Waals surface area contributed by atoms with E-state index in [9.17, 15) is 0 Å². The van der Waals surface area contributed by atoms with Crippen molar-refractivity contribution in [1.29, 1.82) is 0 Å². The minimum absolute atomic E-state index is 0.472. The molecule has 0 amide bonds. The van der Waals surface area contributed by atoms with E-state index in [-0.39, 0.29) is 0 Å². The van der Waals surface area contributed by atoms with Crippen molar-refractivity contribution in [3.05, 3.63) is 0 Å². The number of nitrogens with zero attached hydrogens (tertiary/aromatic N) is 1.